The molecular formula is C13H21N5O. The van der Waals surface area contributed by atoms with Crippen molar-refractivity contribution in [3.63, 3.8) is 0 Å². The molecule has 0 unspecified atom stereocenters. The van der Waals surface area contributed by atoms with E-state index < -0.39 is 0 Å². The summed E-state index contributed by atoms with van der Waals surface area (Å²) in [5.41, 5.74) is 7.05. The Morgan fingerprint density at radius 1 is 1.37 bits per heavy atom. The Kier molecular flexibility index (Phi) is 4.70. The predicted octanol–water partition coefficient (Wildman–Crippen LogP) is -0.130. The van der Waals surface area contributed by atoms with E-state index in [1.807, 2.05) is 12.1 Å². The highest BCUT2D eigenvalue weighted by Crippen LogP contribution is 2.16. The van der Waals surface area contributed by atoms with Crippen molar-refractivity contribution in [3.8, 4) is 0 Å². The van der Waals surface area contributed by atoms with E-state index in [1.165, 1.54) is 0 Å². The molecule has 1 saturated heterocycles. The molecule has 2 rings (SSSR count). The Morgan fingerprint density at radius 3 is 2.95 bits per heavy atom. The van der Waals surface area contributed by atoms with Crippen LogP contribution in [0.2, 0.25) is 0 Å². The molecule has 1 fully saturated rings. The number of nitrogens with zero attached hydrogens (tertiary/aromatic N) is 3. The summed E-state index contributed by atoms with van der Waals surface area (Å²) in [7, 11) is 0. The topological polar surface area (TPSA) is 89.5 Å². The van der Waals surface area contributed by atoms with Crippen molar-refractivity contribution in [2.45, 2.75) is 6.42 Å². The number of nitrogens with one attached hydrogen (secondary N) is 1. The molecule has 6 heteroatoms. The maximum atomic E-state index is 8.99. The first-order valence-corrected chi connectivity index (χ1v) is 6.59. The normalized spacial score (nSPS) is 17.2. The summed E-state index contributed by atoms with van der Waals surface area (Å²) in [6.45, 7) is 4.80. The molecule has 4 N–H and O–H groups in total. The van der Waals surface area contributed by atoms with E-state index in [9.17, 15) is 0 Å². The number of hydrogen-bond acceptors (Lipinski definition) is 5. The van der Waals surface area contributed by atoms with E-state index in [4.69, 9.17) is 16.2 Å². The van der Waals surface area contributed by atoms with E-state index in [1.54, 1.807) is 6.20 Å². The standard InChI is InChI=1S/C13H21N5O/c14-13(15)12-10-11(2-3-16-12)18-5-1-4-17(6-7-18)8-9-19/h2-3,10,19H,1,4-9H2,(H3,14,15). The molecule has 1 aromatic rings. The van der Waals surface area contributed by atoms with Gasteiger partial charge < -0.3 is 15.7 Å². The second kappa shape index (κ2) is 6.49. The minimum absolute atomic E-state index is 0.00132. The van der Waals surface area contributed by atoms with E-state index in [-0.39, 0.29) is 12.4 Å². The first-order chi connectivity index (χ1) is 9.20. The van der Waals surface area contributed by atoms with Gasteiger partial charge in [-0.05, 0) is 25.1 Å². The van der Waals surface area contributed by atoms with Gasteiger partial charge in [-0.2, -0.15) is 0 Å². The number of nitrogens with two attached hydrogens (primary N) is 1. The fraction of sp³-hybridized carbons (Fsp3) is 0.538. The number of pyridine rings is 1. The molecule has 0 spiro atoms. The molecule has 6 nitrogen and oxygen atoms in total. The lowest BCUT2D eigenvalue weighted by atomic mass is 10.2. The van der Waals surface area contributed by atoms with Crippen molar-refractivity contribution in [2.24, 2.45) is 5.73 Å². The van der Waals surface area contributed by atoms with Gasteiger partial charge in [0.1, 0.15) is 11.5 Å². The summed E-state index contributed by atoms with van der Waals surface area (Å²) >= 11 is 0. The van der Waals surface area contributed by atoms with Gasteiger partial charge in [0.25, 0.3) is 0 Å². The van der Waals surface area contributed by atoms with Crippen molar-refractivity contribution in [1.82, 2.24) is 9.88 Å². The fourth-order valence-corrected chi connectivity index (χ4v) is 2.36. The van der Waals surface area contributed by atoms with Crippen LogP contribution in [0.4, 0.5) is 5.69 Å². The lowest BCUT2D eigenvalue weighted by Crippen LogP contribution is -2.32. The summed E-state index contributed by atoms with van der Waals surface area (Å²) in [4.78, 5) is 8.64. The van der Waals surface area contributed by atoms with Crippen LogP contribution in [0.1, 0.15) is 12.1 Å². The quantitative estimate of drug-likeness (QED) is 0.520. The number of amidine groups is 1. The van der Waals surface area contributed by atoms with Crippen LogP contribution in [0.3, 0.4) is 0 Å². The number of hydrogen-bond donors (Lipinski definition) is 3. The number of aromatic nitrogens is 1. The molecule has 1 aromatic heterocycles. The Morgan fingerprint density at radius 2 is 2.21 bits per heavy atom. The van der Waals surface area contributed by atoms with Crippen LogP contribution in [-0.4, -0.2) is 60.2 Å². The Bertz CT molecular complexity index is 437. The van der Waals surface area contributed by atoms with Crippen molar-refractivity contribution in [3.05, 3.63) is 24.0 Å². The largest absolute Gasteiger partial charge is 0.395 e. The van der Waals surface area contributed by atoms with Crippen LogP contribution in [0.15, 0.2) is 18.3 Å². The van der Waals surface area contributed by atoms with Gasteiger partial charge in [0.05, 0.1) is 6.61 Å². The number of aliphatic hydroxyl groups is 1. The zero-order valence-corrected chi connectivity index (χ0v) is 11.0. The molecule has 0 radical (unpaired) electrons. The average Bonchev–Trinajstić information content (AvgIpc) is 2.65. The molecule has 0 aliphatic carbocycles. The highest BCUT2D eigenvalue weighted by Gasteiger charge is 2.15. The van der Waals surface area contributed by atoms with Crippen LogP contribution in [0, 0.1) is 5.41 Å². The van der Waals surface area contributed by atoms with Gasteiger partial charge in [-0.15, -0.1) is 0 Å². The second-order valence-corrected chi connectivity index (χ2v) is 4.72. The zero-order chi connectivity index (χ0) is 13.7. The van der Waals surface area contributed by atoms with E-state index in [0.717, 1.165) is 44.8 Å². The Hall–Kier alpha value is -1.66. The van der Waals surface area contributed by atoms with E-state index in [0.29, 0.717) is 5.69 Å². The second-order valence-electron chi connectivity index (χ2n) is 4.72. The van der Waals surface area contributed by atoms with Gasteiger partial charge >= 0.3 is 0 Å². The van der Waals surface area contributed by atoms with Crippen molar-refractivity contribution < 1.29 is 5.11 Å². The summed E-state index contributed by atoms with van der Waals surface area (Å²) in [5, 5.41) is 16.4. The van der Waals surface area contributed by atoms with Crippen LogP contribution >= 0.6 is 0 Å². The molecule has 0 aromatic carbocycles. The first-order valence-electron chi connectivity index (χ1n) is 6.59. The lowest BCUT2D eigenvalue weighted by molar-refractivity contribution is 0.204. The van der Waals surface area contributed by atoms with Gasteiger partial charge in [-0.25, -0.2) is 0 Å². The Balaban J connectivity index is 2.05. The summed E-state index contributed by atoms with van der Waals surface area (Å²) in [6.07, 6.45) is 2.76. The molecule has 0 atom stereocenters. The number of anilines is 1. The molecule has 1 aliphatic heterocycles. The number of β-amino-alcohol motifs (C(OH)–C–C–N with tert-alkyl or cyclic N) is 1. The monoisotopic (exact) mass is 263 g/mol. The minimum atomic E-state index is -0.00132. The fourth-order valence-electron chi connectivity index (χ4n) is 2.36. The number of rotatable bonds is 4. The van der Waals surface area contributed by atoms with Gasteiger partial charge in [0.2, 0.25) is 0 Å². The van der Waals surface area contributed by atoms with Crippen LogP contribution in [-0.2, 0) is 0 Å². The lowest BCUT2D eigenvalue weighted by Gasteiger charge is -2.23. The number of nitrogen functional groups attached to an aromatic ring is 1. The summed E-state index contributed by atoms with van der Waals surface area (Å²) in [6, 6.07) is 3.82. The van der Waals surface area contributed by atoms with Crippen LogP contribution in [0.5, 0.6) is 0 Å². The first kappa shape index (κ1) is 13.8. The minimum Gasteiger partial charge on any atom is -0.395 e. The highest BCUT2D eigenvalue weighted by atomic mass is 16.3. The van der Waals surface area contributed by atoms with Gasteiger partial charge in [0.15, 0.2) is 0 Å². The highest BCUT2D eigenvalue weighted by molar-refractivity contribution is 5.93. The van der Waals surface area contributed by atoms with Crippen molar-refractivity contribution in [2.75, 3.05) is 44.2 Å². The SMILES string of the molecule is N=C(N)c1cc(N2CCCN(CCO)CC2)ccn1. The molecule has 0 saturated carbocycles. The van der Waals surface area contributed by atoms with E-state index in [2.05, 4.69) is 14.8 Å². The third kappa shape index (κ3) is 3.65. The molecule has 0 amide bonds. The zero-order valence-electron chi connectivity index (χ0n) is 11.0. The molecule has 2 heterocycles. The smallest absolute Gasteiger partial charge is 0.141 e. The van der Waals surface area contributed by atoms with Crippen molar-refractivity contribution >= 4 is 11.5 Å². The van der Waals surface area contributed by atoms with E-state index >= 15 is 0 Å². The maximum absolute atomic E-state index is 8.99. The maximum Gasteiger partial charge on any atom is 0.141 e. The molecule has 1 aliphatic rings. The molecule has 0 bridgehead atoms. The number of aliphatic hydroxyl groups excluding tert-OH is 1. The Labute approximate surface area is 113 Å². The molecule has 19 heavy (non-hydrogen) atoms. The summed E-state index contributed by atoms with van der Waals surface area (Å²) < 4.78 is 0. The average molecular weight is 263 g/mol. The van der Waals surface area contributed by atoms with Gasteiger partial charge in [-0.1, -0.05) is 0 Å². The van der Waals surface area contributed by atoms with Crippen LogP contribution in [0.25, 0.3) is 0 Å². The summed E-state index contributed by atoms with van der Waals surface area (Å²) in [5.74, 6) is -0.00132. The van der Waals surface area contributed by atoms with Crippen LogP contribution < -0.4 is 10.6 Å². The third-order valence-corrected chi connectivity index (χ3v) is 3.39. The third-order valence-electron chi connectivity index (χ3n) is 3.39. The predicted molar refractivity (Wildman–Crippen MR) is 75.6 cm³/mol. The molecule has 104 valence electrons. The van der Waals surface area contributed by atoms with Crippen molar-refractivity contribution in [1.29, 1.82) is 5.41 Å². The van der Waals surface area contributed by atoms with Gasteiger partial charge in [0, 0.05) is 38.1 Å². The molecular weight excluding hydrogens is 242 g/mol. The van der Waals surface area contributed by atoms with Gasteiger partial charge in [-0.3, -0.25) is 15.3 Å².